The van der Waals surface area contributed by atoms with Gasteiger partial charge in [-0.3, -0.25) is 19.3 Å². The average Bonchev–Trinajstić information content (AvgIpc) is 3.28. The van der Waals surface area contributed by atoms with Gasteiger partial charge >= 0.3 is 6.18 Å². The first-order chi connectivity index (χ1) is 22.8. The van der Waals surface area contributed by atoms with Crippen LogP contribution in [0.15, 0.2) is 55.1 Å². The minimum absolute atomic E-state index is 0.0346. The van der Waals surface area contributed by atoms with Crippen molar-refractivity contribution in [3.63, 3.8) is 0 Å². The van der Waals surface area contributed by atoms with Gasteiger partial charge < -0.3 is 14.7 Å². The molecule has 0 aliphatic carbocycles. The van der Waals surface area contributed by atoms with E-state index in [1.54, 1.807) is 17.9 Å². The van der Waals surface area contributed by atoms with Crippen LogP contribution in [0.4, 0.5) is 18.9 Å². The Kier molecular flexibility index (Phi) is 11.6. The van der Waals surface area contributed by atoms with Crippen molar-refractivity contribution in [2.75, 3.05) is 37.6 Å². The van der Waals surface area contributed by atoms with Gasteiger partial charge in [0.05, 0.1) is 12.0 Å². The third-order valence-electron chi connectivity index (χ3n) is 10.4. The number of benzene rings is 2. The lowest BCUT2D eigenvalue weighted by Crippen LogP contribution is -2.53. The number of carbonyl (C=O) groups is 3. The van der Waals surface area contributed by atoms with E-state index in [0.717, 1.165) is 62.0 Å². The number of hydrogen-bond acceptors (Lipinski definition) is 4. The summed E-state index contributed by atoms with van der Waals surface area (Å²) >= 11 is 6.49. The third kappa shape index (κ3) is 8.43. The molecule has 3 heterocycles. The van der Waals surface area contributed by atoms with Gasteiger partial charge in [0.1, 0.15) is 0 Å². The van der Waals surface area contributed by atoms with Gasteiger partial charge in [-0.1, -0.05) is 35.9 Å². The molecule has 11 heteroatoms. The zero-order valence-corrected chi connectivity index (χ0v) is 28.6. The number of alkyl halides is 3. The molecule has 0 aromatic heterocycles. The molecule has 48 heavy (non-hydrogen) atoms. The molecule has 0 saturated carbocycles. The third-order valence-corrected chi connectivity index (χ3v) is 10.8. The van der Waals surface area contributed by atoms with Crippen molar-refractivity contribution >= 4 is 35.0 Å². The Morgan fingerprint density at radius 1 is 1.00 bits per heavy atom. The molecule has 2 atom stereocenters. The fourth-order valence-electron chi connectivity index (χ4n) is 7.74. The largest absolute Gasteiger partial charge is 0.416 e. The van der Waals surface area contributed by atoms with Gasteiger partial charge in [-0.05, 0) is 87.3 Å². The molecule has 2 aromatic carbocycles. The normalized spacial score (nSPS) is 21.6. The summed E-state index contributed by atoms with van der Waals surface area (Å²) in [6, 6.07) is 11.2. The van der Waals surface area contributed by atoms with Crippen LogP contribution < -0.4 is 4.90 Å². The molecule has 2 bridgehead atoms. The van der Waals surface area contributed by atoms with Crippen molar-refractivity contribution in [1.29, 1.82) is 0 Å². The van der Waals surface area contributed by atoms with Crippen LogP contribution in [0, 0.1) is 12.8 Å². The number of halogens is 4. The molecule has 0 N–H and O–H groups in total. The molecular weight excluding hydrogens is 641 g/mol. The summed E-state index contributed by atoms with van der Waals surface area (Å²) in [5.41, 5.74) is 1.57. The van der Waals surface area contributed by atoms with Gasteiger partial charge in [0.15, 0.2) is 0 Å². The molecular formula is C37H46ClF3N4O3. The van der Waals surface area contributed by atoms with E-state index in [2.05, 4.69) is 11.5 Å². The Bertz CT molecular complexity index is 1460. The Morgan fingerprint density at radius 2 is 1.65 bits per heavy atom. The maximum atomic E-state index is 13.9. The van der Waals surface area contributed by atoms with Crippen molar-refractivity contribution in [3.8, 4) is 0 Å². The maximum absolute atomic E-state index is 13.9. The fourth-order valence-corrected chi connectivity index (χ4v) is 7.91. The summed E-state index contributed by atoms with van der Waals surface area (Å²) in [6.07, 6.45) is 3.15. The van der Waals surface area contributed by atoms with E-state index in [9.17, 15) is 27.6 Å². The van der Waals surface area contributed by atoms with Crippen molar-refractivity contribution in [2.24, 2.45) is 5.92 Å². The van der Waals surface area contributed by atoms with E-state index in [0.29, 0.717) is 61.7 Å². The number of carbonyl (C=O) groups excluding carboxylic acids is 3. The monoisotopic (exact) mass is 686 g/mol. The number of hydrogen-bond donors (Lipinski definition) is 0. The number of anilines is 1. The molecule has 3 fully saturated rings. The van der Waals surface area contributed by atoms with Crippen LogP contribution in [-0.2, 0) is 27.0 Å². The van der Waals surface area contributed by atoms with Crippen molar-refractivity contribution in [3.05, 3.63) is 76.8 Å². The van der Waals surface area contributed by atoms with Crippen LogP contribution in [0.25, 0.3) is 0 Å². The molecule has 0 radical (unpaired) electrons. The highest BCUT2D eigenvalue weighted by Crippen LogP contribution is 2.38. The predicted octanol–water partition coefficient (Wildman–Crippen LogP) is 6.90. The Morgan fingerprint density at radius 3 is 2.21 bits per heavy atom. The second kappa shape index (κ2) is 15.5. The molecule has 3 aliphatic rings. The lowest BCUT2D eigenvalue weighted by Gasteiger charge is -2.43. The number of likely N-dealkylation sites (tertiary alicyclic amines) is 1. The number of fused-ring (bicyclic) bond motifs is 2. The Hall–Kier alpha value is -3.37. The summed E-state index contributed by atoms with van der Waals surface area (Å²) in [7, 11) is 0. The van der Waals surface area contributed by atoms with Gasteiger partial charge in [0, 0.05) is 74.4 Å². The summed E-state index contributed by atoms with van der Waals surface area (Å²) in [4.78, 5) is 47.3. The van der Waals surface area contributed by atoms with Crippen LogP contribution >= 0.6 is 11.6 Å². The first-order valence-electron chi connectivity index (χ1n) is 17.0. The topological polar surface area (TPSA) is 64.2 Å². The number of amides is 3. The lowest BCUT2D eigenvalue weighted by molar-refractivity contribution is -0.137. The SMILES string of the molecule is C=CCN(C(=O)Cc1ccc(C(F)(F)F)cc1)C1CC2CCC(C1)N2CCCN(C(=O)C1CCN(C(C)=O)CC1)c1ccc(C)c(Cl)c1. The summed E-state index contributed by atoms with van der Waals surface area (Å²) in [5.74, 6) is -0.139. The number of nitrogens with zero attached hydrogens (tertiary/aromatic N) is 4. The van der Waals surface area contributed by atoms with Crippen LogP contribution in [0.5, 0.6) is 0 Å². The molecule has 3 aliphatic heterocycles. The van der Waals surface area contributed by atoms with Crippen molar-refractivity contribution in [1.82, 2.24) is 14.7 Å². The Balaban J connectivity index is 1.20. The van der Waals surface area contributed by atoms with Gasteiger partial charge in [0.2, 0.25) is 17.7 Å². The van der Waals surface area contributed by atoms with E-state index in [1.165, 1.54) is 12.1 Å². The minimum Gasteiger partial charge on any atom is -0.343 e. The van der Waals surface area contributed by atoms with E-state index < -0.39 is 11.7 Å². The van der Waals surface area contributed by atoms with E-state index in [1.807, 2.05) is 34.9 Å². The van der Waals surface area contributed by atoms with Crippen LogP contribution in [-0.4, -0.2) is 83.3 Å². The Labute approximate surface area is 286 Å². The van der Waals surface area contributed by atoms with Gasteiger partial charge in [-0.15, -0.1) is 6.58 Å². The first-order valence-corrected chi connectivity index (χ1v) is 17.4. The smallest absolute Gasteiger partial charge is 0.343 e. The summed E-state index contributed by atoms with van der Waals surface area (Å²) in [5, 5.41) is 0.619. The minimum atomic E-state index is -4.41. The van der Waals surface area contributed by atoms with E-state index in [4.69, 9.17) is 11.6 Å². The van der Waals surface area contributed by atoms with Gasteiger partial charge in [0.25, 0.3) is 0 Å². The fraction of sp³-hybridized carbons (Fsp3) is 0.541. The quantitative estimate of drug-likeness (QED) is 0.241. The highest BCUT2D eigenvalue weighted by Gasteiger charge is 2.43. The second-order valence-electron chi connectivity index (χ2n) is 13.5. The highest BCUT2D eigenvalue weighted by atomic mass is 35.5. The predicted molar refractivity (Wildman–Crippen MR) is 182 cm³/mol. The molecule has 0 spiro atoms. The number of piperidine rings is 2. The molecule has 3 amide bonds. The molecule has 260 valence electrons. The van der Waals surface area contributed by atoms with Crippen LogP contribution in [0.2, 0.25) is 5.02 Å². The maximum Gasteiger partial charge on any atom is 0.416 e. The standard InChI is InChI=1S/C37H46ClF3N4O3/c1-4-16-44(35(47)21-27-7-9-29(10-8-27)37(39,40)41)33-22-30-12-13-31(23-33)43(30)17-5-18-45(32-11-6-25(2)34(38)24-32)36(48)28-14-19-42(20-15-28)26(3)46/h4,6-11,24,28,30-31,33H,1,5,12-23H2,2-3H3. The zero-order chi connectivity index (χ0) is 34.6. The van der Waals surface area contributed by atoms with Crippen LogP contribution in [0.1, 0.15) is 68.6 Å². The summed E-state index contributed by atoms with van der Waals surface area (Å²) < 4.78 is 39.0. The van der Waals surface area contributed by atoms with Crippen molar-refractivity contribution in [2.45, 2.75) is 89.5 Å². The molecule has 2 unspecified atom stereocenters. The number of aryl methyl sites for hydroxylation is 1. The van der Waals surface area contributed by atoms with Crippen LogP contribution in [0.3, 0.4) is 0 Å². The van der Waals surface area contributed by atoms with E-state index >= 15 is 0 Å². The molecule has 2 aromatic rings. The van der Waals surface area contributed by atoms with Crippen molar-refractivity contribution < 1.29 is 27.6 Å². The van der Waals surface area contributed by atoms with E-state index in [-0.39, 0.29) is 36.1 Å². The molecule has 7 nitrogen and oxygen atoms in total. The average molecular weight is 687 g/mol. The highest BCUT2D eigenvalue weighted by molar-refractivity contribution is 6.31. The number of rotatable bonds is 11. The van der Waals surface area contributed by atoms with Gasteiger partial charge in [-0.2, -0.15) is 13.2 Å². The second-order valence-corrected chi connectivity index (χ2v) is 13.9. The lowest BCUT2D eigenvalue weighted by atomic mass is 9.94. The molecule has 3 saturated heterocycles. The first kappa shape index (κ1) is 35.9. The molecule has 5 rings (SSSR count). The van der Waals surface area contributed by atoms with Gasteiger partial charge in [-0.25, -0.2) is 0 Å². The zero-order valence-electron chi connectivity index (χ0n) is 27.9. The summed E-state index contributed by atoms with van der Waals surface area (Å²) in [6.45, 7) is 10.3.